The second kappa shape index (κ2) is 7.41. The van der Waals surface area contributed by atoms with E-state index in [2.05, 4.69) is 68.3 Å². The van der Waals surface area contributed by atoms with Crippen LogP contribution in [0.15, 0.2) is 67.0 Å². The SMILES string of the molecule is O=C(c1cn(Cc2ccccc2)c2ccccc12)N(C1CC1)C1CCc2[nH]ncc2C1. The summed E-state index contributed by atoms with van der Waals surface area (Å²) in [5.41, 5.74) is 5.68. The number of fused-ring (bicyclic) bond motifs is 2. The van der Waals surface area contributed by atoms with Crippen molar-refractivity contribution in [3.63, 3.8) is 0 Å². The zero-order valence-electron chi connectivity index (χ0n) is 17.5. The third-order valence-electron chi connectivity index (χ3n) is 6.77. The van der Waals surface area contributed by atoms with Crippen molar-refractivity contribution >= 4 is 16.8 Å². The highest BCUT2D eigenvalue weighted by Crippen LogP contribution is 2.36. The molecule has 1 saturated carbocycles. The lowest BCUT2D eigenvalue weighted by Gasteiger charge is -2.34. The summed E-state index contributed by atoms with van der Waals surface area (Å²) in [5.74, 6) is 0.183. The largest absolute Gasteiger partial charge is 0.342 e. The molecule has 1 unspecified atom stereocenters. The second-order valence-electron chi connectivity index (χ2n) is 8.89. The highest BCUT2D eigenvalue weighted by atomic mass is 16.2. The van der Waals surface area contributed by atoms with Crippen molar-refractivity contribution in [2.24, 2.45) is 0 Å². The Labute approximate surface area is 181 Å². The first-order valence-corrected chi connectivity index (χ1v) is 11.2. The zero-order chi connectivity index (χ0) is 20.8. The third kappa shape index (κ3) is 3.34. The Balaban J connectivity index is 1.36. The third-order valence-corrected chi connectivity index (χ3v) is 6.77. The Morgan fingerprint density at radius 2 is 1.84 bits per heavy atom. The van der Waals surface area contributed by atoms with Crippen molar-refractivity contribution < 1.29 is 4.79 Å². The first-order valence-electron chi connectivity index (χ1n) is 11.2. The van der Waals surface area contributed by atoms with Crippen molar-refractivity contribution in [2.45, 2.75) is 50.7 Å². The van der Waals surface area contributed by atoms with Gasteiger partial charge in [0, 0.05) is 41.4 Å². The predicted molar refractivity (Wildman–Crippen MR) is 121 cm³/mol. The maximum atomic E-state index is 13.9. The molecule has 2 aliphatic rings. The number of carbonyl (C=O) groups is 1. The molecule has 5 nitrogen and oxygen atoms in total. The molecule has 5 heteroatoms. The summed E-state index contributed by atoms with van der Waals surface area (Å²) >= 11 is 0. The standard InChI is InChI=1S/C26H26N4O/c31-26(30(20-10-11-20)21-12-13-24-19(14-21)15-27-28-24)23-17-29(16-18-6-2-1-3-7-18)25-9-5-4-8-22(23)25/h1-9,15,17,20-21H,10-14,16H2,(H,27,28). The Kier molecular flexibility index (Phi) is 4.41. The Bertz CT molecular complexity index is 1230. The smallest absolute Gasteiger partial charge is 0.256 e. The lowest BCUT2D eigenvalue weighted by Crippen LogP contribution is -2.44. The molecule has 156 valence electrons. The Hall–Kier alpha value is -3.34. The van der Waals surface area contributed by atoms with Crippen LogP contribution in [0.25, 0.3) is 10.9 Å². The van der Waals surface area contributed by atoms with E-state index in [0.29, 0.717) is 6.04 Å². The normalized spacial score (nSPS) is 18.1. The first-order chi connectivity index (χ1) is 15.3. The van der Waals surface area contributed by atoms with Crippen LogP contribution in [0.3, 0.4) is 0 Å². The Morgan fingerprint density at radius 1 is 1.03 bits per heavy atom. The van der Waals surface area contributed by atoms with Crippen molar-refractivity contribution in [1.29, 1.82) is 0 Å². The van der Waals surface area contributed by atoms with Crippen molar-refractivity contribution in [1.82, 2.24) is 19.7 Å². The van der Waals surface area contributed by atoms with E-state index in [9.17, 15) is 4.79 Å². The fourth-order valence-corrected chi connectivity index (χ4v) is 5.08. The molecule has 0 spiro atoms. The van der Waals surface area contributed by atoms with E-state index < -0.39 is 0 Å². The number of aromatic nitrogens is 3. The van der Waals surface area contributed by atoms with E-state index >= 15 is 0 Å². The molecule has 0 bridgehead atoms. The highest BCUT2D eigenvalue weighted by molar-refractivity contribution is 6.07. The van der Waals surface area contributed by atoms with Crippen LogP contribution in [-0.2, 0) is 19.4 Å². The first kappa shape index (κ1) is 18.4. The second-order valence-corrected chi connectivity index (χ2v) is 8.89. The molecule has 0 aliphatic heterocycles. The van der Waals surface area contributed by atoms with Gasteiger partial charge < -0.3 is 9.47 Å². The molecular formula is C26H26N4O. The number of aromatic amines is 1. The lowest BCUT2D eigenvalue weighted by molar-refractivity contribution is 0.0644. The van der Waals surface area contributed by atoms with Gasteiger partial charge in [-0.3, -0.25) is 9.89 Å². The summed E-state index contributed by atoms with van der Waals surface area (Å²) in [7, 11) is 0. The minimum Gasteiger partial charge on any atom is -0.342 e. The molecule has 1 atom stereocenters. The lowest BCUT2D eigenvalue weighted by atomic mass is 9.91. The molecule has 2 aromatic heterocycles. The van der Waals surface area contributed by atoms with Crippen LogP contribution in [0.5, 0.6) is 0 Å². The number of para-hydroxylation sites is 1. The molecule has 2 aliphatic carbocycles. The van der Waals surface area contributed by atoms with Gasteiger partial charge in [0.15, 0.2) is 0 Å². The summed E-state index contributed by atoms with van der Waals surface area (Å²) in [6.07, 6.45) is 9.10. The predicted octanol–water partition coefficient (Wildman–Crippen LogP) is 4.57. The average Bonchev–Trinajstić information content (AvgIpc) is 3.40. The summed E-state index contributed by atoms with van der Waals surface area (Å²) in [4.78, 5) is 16.1. The van der Waals surface area contributed by atoms with Gasteiger partial charge >= 0.3 is 0 Å². The number of amides is 1. The molecule has 4 aromatic rings. The van der Waals surface area contributed by atoms with Gasteiger partial charge in [-0.05, 0) is 49.3 Å². The summed E-state index contributed by atoms with van der Waals surface area (Å²) in [6.45, 7) is 0.764. The number of carbonyl (C=O) groups excluding carboxylic acids is 1. The van der Waals surface area contributed by atoms with Crippen LogP contribution in [0.4, 0.5) is 0 Å². The summed E-state index contributed by atoms with van der Waals surface area (Å²) in [5, 5.41) is 8.38. The van der Waals surface area contributed by atoms with Crippen LogP contribution in [0.1, 0.15) is 46.4 Å². The van der Waals surface area contributed by atoms with Gasteiger partial charge in [-0.1, -0.05) is 48.5 Å². The number of hydrogen-bond donors (Lipinski definition) is 1. The van der Waals surface area contributed by atoms with Gasteiger partial charge in [0.05, 0.1) is 11.8 Å². The van der Waals surface area contributed by atoms with Crippen molar-refractivity contribution in [3.05, 3.63) is 89.4 Å². The fraction of sp³-hybridized carbons (Fsp3) is 0.308. The van der Waals surface area contributed by atoms with Gasteiger partial charge in [-0.25, -0.2) is 0 Å². The molecule has 6 rings (SSSR count). The number of nitrogens with one attached hydrogen (secondary N) is 1. The van der Waals surface area contributed by atoms with Gasteiger partial charge in [0.25, 0.3) is 5.91 Å². The Morgan fingerprint density at radius 3 is 2.68 bits per heavy atom. The number of hydrogen-bond acceptors (Lipinski definition) is 2. The monoisotopic (exact) mass is 410 g/mol. The van der Waals surface area contributed by atoms with E-state index in [1.807, 2.05) is 18.3 Å². The quantitative estimate of drug-likeness (QED) is 0.524. The molecule has 0 radical (unpaired) electrons. The summed E-state index contributed by atoms with van der Waals surface area (Å²) < 4.78 is 2.22. The maximum Gasteiger partial charge on any atom is 0.256 e. The number of benzene rings is 2. The zero-order valence-corrected chi connectivity index (χ0v) is 17.5. The highest BCUT2D eigenvalue weighted by Gasteiger charge is 2.40. The van der Waals surface area contributed by atoms with Gasteiger partial charge in [-0.2, -0.15) is 5.10 Å². The fourth-order valence-electron chi connectivity index (χ4n) is 5.08. The number of H-pyrrole nitrogens is 1. The molecule has 2 heterocycles. The molecule has 1 N–H and O–H groups in total. The van der Waals surface area contributed by atoms with E-state index in [4.69, 9.17) is 0 Å². The molecule has 2 aromatic carbocycles. The molecule has 31 heavy (non-hydrogen) atoms. The molecule has 1 fully saturated rings. The minimum atomic E-state index is 0.183. The van der Waals surface area contributed by atoms with Crippen molar-refractivity contribution in [3.8, 4) is 0 Å². The topological polar surface area (TPSA) is 53.9 Å². The van der Waals surface area contributed by atoms with Crippen LogP contribution >= 0.6 is 0 Å². The molecule has 1 amide bonds. The maximum absolute atomic E-state index is 13.9. The average molecular weight is 411 g/mol. The van der Waals surface area contributed by atoms with Crippen molar-refractivity contribution in [2.75, 3.05) is 0 Å². The van der Waals surface area contributed by atoms with E-state index in [-0.39, 0.29) is 11.9 Å². The number of rotatable bonds is 5. The van der Waals surface area contributed by atoms with E-state index in [1.165, 1.54) is 16.8 Å². The van der Waals surface area contributed by atoms with Crippen LogP contribution in [0.2, 0.25) is 0 Å². The van der Waals surface area contributed by atoms with Crippen LogP contribution in [0, 0.1) is 0 Å². The van der Waals surface area contributed by atoms with E-state index in [0.717, 1.165) is 55.1 Å². The molecule has 0 saturated heterocycles. The van der Waals surface area contributed by atoms with Crippen LogP contribution in [-0.4, -0.2) is 37.7 Å². The minimum absolute atomic E-state index is 0.183. The van der Waals surface area contributed by atoms with E-state index in [1.54, 1.807) is 0 Å². The van der Waals surface area contributed by atoms with Gasteiger partial charge in [0.1, 0.15) is 0 Å². The number of aryl methyl sites for hydroxylation is 1. The van der Waals surface area contributed by atoms with Crippen LogP contribution < -0.4 is 0 Å². The van der Waals surface area contributed by atoms with Gasteiger partial charge in [-0.15, -0.1) is 0 Å². The molecular weight excluding hydrogens is 384 g/mol. The number of nitrogens with zero attached hydrogens (tertiary/aromatic N) is 3. The summed E-state index contributed by atoms with van der Waals surface area (Å²) in [6, 6.07) is 19.4. The van der Waals surface area contributed by atoms with Gasteiger partial charge in [0.2, 0.25) is 0 Å².